The Balaban J connectivity index is 0.00000132. The summed E-state index contributed by atoms with van der Waals surface area (Å²) in [6.45, 7) is 5.23. The van der Waals surface area contributed by atoms with E-state index in [2.05, 4.69) is 15.6 Å². The fourth-order valence-electron chi connectivity index (χ4n) is 3.22. The first-order chi connectivity index (χ1) is 14.9. The van der Waals surface area contributed by atoms with Crippen LogP contribution in [-0.4, -0.2) is 17.4 Å². The Morgan fingerprint density at radius 1 is 1.13 bits per heavy atom. The number of carbonyl (C=O) groups is 1. The second kappa shape index (κ2) is 9.96. The van der Waals surface area contributed by atoms with E-state index in [0.29, 0.717) is 19.5 Å². The standard InChI is InChI=1S/C21H18F3N3OS.C2H6/c22-21(23,24)16-6-3-13(4-7-16)2-1-9-25-20-27-12-18(29-20)14-5-8-17-15(10-14)11-26-19(17)28;1-2/h3-8,10,12H,1-2,9,11H2,(H,25,27)(H,26,28);1-2H3. The molecule has 1 aliphatic heterocycles. The van der Waals surface area contributed by atoms with Crippen LogP contribution >= 0.6 is 11.3 Å². The second-order valence-corrected chi connectivity index (χ2v) is 7.84. The number of hydrogen-bond donors (Lipinski definition) is 2. The number of anilines is 1. The minimum absolute atomic E-state index is 0.0359. The number of nitrogens with one attached hydrogen (secondary N) is 2. The molecule has 4 rings (SSSR count). The van der Waals surface area contributed by atoms with E-state index < -0.39 is 11.7 Å². The van der Waals surface area contributed by atoms with Crippen LogP contribution in [0, 0.1) is 0 Å². The Labute approximate surface area is 183 Å². The lowest BCUT2D eigenvalue weighted by Crippen LogP contribution is -2.12. The van der Waals surface area contributed by atoms with E-state index in [4.69, 9.17) is 0 Å². The summed E-state index contributed by atoms with van der Waals surface area (Å²) in [5.74, 6) is -0.0359. The molecule has 0 bridgehead atoms. The highest BCUT2D eigenvalue weighted by Crippen LogP contribution is 2.31. The van der Waals surface area contributed by atoms with Crippen molar-refractivity contribution < 1.29 is 18.0 Å². The predicted molar refractivity (Wildman–Crippen MR) is 118 cm³/mol. The molecule has 0 aliphatic carbocycles. The number of hydrogen-bond acceptors (Lipinski definition) is 4. The predicted octanol–water partition coefficient (Wildman–Crippen LogP) is 6.14. The number of aryl methyl sites for hydroxylation is 1. The molecule has 1 aromatic heterocycles. The third-order valence-electron chi connectivity index (χ3n) is 4.78. The van der Waals surface area contributed by atoms with Gasteiger partial charge in [0, 0.05) is 24.8 Å². The van der Waals surface area contributed by atoms with Gasteiger partial charge in [-0.15, -0.1) is 0 Å². The van der Waals surface area contributed by atoms with Crippen LogP contribution in [-0.2, 0) is 19.1 Å². The van der Waals surface area contributed by atoms with Crippen molar-refractivity contribution in [2.75, 3.05) is 11.9 Å². The van der Waals surface area contributed by atoms with Crippen LogP contribution in [0.4, 0.5) is 18.3 Å². The highest BCUT2D eigenvalue weighted by atomic mass is 32.1. The van der Waals surface area contributed by atoms with Gasteiger partial charge in [0.25, 0.3) is 5.91 Å². The maximum atomic E-state index is 12.6. The SMILES string of the molecule is CC.O=C1NCc2cc(-c3cnc(NCCCc4ccc(C(F)(F)F)cc4)s3)ccc21. The van der Waals surface area contributed by atoms with Crippen LogP contribution in [0.1, 0.15) is 47.3 Å². The van der Waals surface area contributed by atoms with E-state index in [1.54, 1.807) is 6.20 Å². The van der Waals surface area contributed by atoms with Gasteiger partial charge in [-0.2, -0.15) is 13.2 Å². The van der Waals surface area contributed by atoms with Crippen molar-refractivity contribution in [3.63, 3.8) is 0 Å². The zero-order valence-corrected chi connectivity index (χ0v) is 18.2. The van der Waals surface area contributed by atoms with Gasteiger partial charge >= 0.3 is 6.18 Å². The molecule has 0 spiro atoms. The van der Waals surface area contributed by atoms with Crippen molar-refractivity contribution in [1.29, 1.82) is 0 Å². The lowest BCUT2D eigenvalue weighted by atomic mass is 10.1. The van der Waals surface area contributed by atoms with E-state index >= 15 is 0 Å². The van der Waals surface area contributed by atoms with Crippen molar-refractivity contribution in [3.05, 3.63) is 70.9 Å². The van der Waals surface area contributed by atoms with Gasteiger partial charge in [0.2, 0.25) is 0 Å². The summed E-state index contributed by atoms with van der Waals surface area (Å²) >= 11 is 1.53. The quantitative estimate of drug-likeness (QED) is 0.446. The van der Waals surface area contributed by atoms with E-state index in [1.807, 2.05) is 32.0 Å². The fraction of sp³-hybridized carbons (Fsp3) is 0.304. The first kappa shape index (κ1) is 22.8. The fourth-order valence-corrected chi connectivity index (χ4v) is 4.06. The number of rotatable bonds is 6. The molecular weight excluding hydrogens is 423 g/mol. The Bertz CT molecular complexity index is 1030. The van der Waals surface area contributed by atoms with Gasteiger partial charge < -0.3 is 10.6 Å². The van der Waals surface area contributed by atoms with E-state index in [1.165, 1.54) is 23.5 Å². The molecule has 2 N–H and O–H groups in total. The first-order valence-corrected chi connectivity index (χ1v) is 11.0. The number of halogens is 3. The molecule has 31 heavy (non-hydrogen) atoms. The van der Waals surface area contributed by atoms with Crippen LogP contribution in [0.2, 0.25) is 0 Å². The van der Waals surface area contributed by atoms with Gasteiger partial charge in [0.1, 0.15) is 0 Å². The lowest BCUT2D eigenvalue weighted by molar-refractivity contribution is -0.137. The topological polar surface area (TPSA) is 54.0 Å². The number of alkyl halides is 3. The Kier molecular flexibility index (Phi) is 7.33. The second-order valence-electron chi connectivity index (χ2n) is 6.81. The van der Waals surface area contributed by atoms with Crippen molar-refractivity contribution in [3.8, 4) is 10.4 Å². The lowest BCUT2D eigenvalue weighted by Gasteiger charge is -2.07. The minimum Gasteiger partial charge on any atom is -0.361 e. The number of thiazole rings is 1. The zero-order valence-electron chi connectivity index (χ0n) is 17.3. The molecular formula is C23H24F3N3OS. The first-order valence-electron chi connectivity index (χ1n) is 10.2. The van der Waals surface area contributed by atoms with Gasteiger partial charge in [0.05, 0.1) is 10.4 Å². The van der Waals surface area contributed by atoms with Crippen LogP contribution in [0.3, 0.4) is 0 Å². The Hall–Kier alpha value is -2.87. The van der Waals surface area contributed by atoms with E-state index in [0.717, 1.165) is 50.8 Å². The molecule has 3 aromatic rings. The van der Waals surface area contributed by atoms with Crippen molar-refractivity contribution in [1.82, 2.24) is 10.3 Å². The number of aromatic nitrogens is 1. The molecule has 4 nitrogen and oxygen atoms in total. The average Bonchev–Trinajstić information content (AvgIpc) is 3.39. The molecule has 0 saturated carbocycles. The number of nitrogens with zero attached hydrogens (tertiary/aromatic N) is 1. The monoisotopic (exact) mass is 447 g/mol. The summed E-state index contributed by atoms with van der Waals surface area (Å²) in [5, 5.41) is 6.86. The van der Waals surface area contributed by atoms with Gasteiger partial charge in [-0.1, -0.05) is 43.4 Å². The summed E-state index contributed by atoms with van der Waals surface area (Å²) in [6.07, 6.45) is -1.02. The van der Waals surface area contributed by atoms with E-state index in [-0.39, 0.29) is 5.91 Å². The van der Waals surface area contributed by atoms with Crippen molar-refractivity contribution >= 4 is 22.4 Å². The highest BCUT2D eigenvalue weighted by molar-refractivity contribution is 7.18. The molecule has 0 radical (unpaired) electrons. The third kappa shape index (κ3) is 5.64. The maximum absolute atomic E-state index is 12.6. The largest absolute Gasteiger partial charge is 0.416 e. The summed E-state index contributed by atoms with van der Waals surface area (Å²) in [7, 11) is 0. The Morgan fingerprint density at radius 3 is 2.58 bits per heavy atom. The molecule has 164 valence electrons. The minimum atomic E-state index is -4.30. The summed E-state index contributed by atoms with van der Waals surface area (Å²) in [4.78, 5) is 17.0. The summed E-state index contributed by atoms with van der Waals surface area (Å²) in [5.41, 5.74) is 2.99. The number of fused-ring (bicyclic) bond motifs is 1. The molecule has 0 saturated heterocycles. The van der Waals surface area contributed by atoms with Crippen molar-refractivity contribution in [2.24, 2.45) is 0 Å². The van der Waals surface area contributed by atoms with Crippen LogP contribution in [0.5, 0.6) is 0 Å². The normalized spacial score (nSPS) is 12.6. The summed E-state index contributed by atoms with van der Waals surface area (Å²) in [6, 6.07) is 11.1. The van der Waals surface area contributed by atoms with Gasteiger partial charge in [-0.3, -0.25) is 4.79 Å². The number of amides is 1. The molecule has 2 heterocycles. The Morgan fingerprint density at radius 2 is 1.87 bits per heavy atom. The smallest absolute Gasteiger partial charge is 0.361 e. The number of carbonyl (C=O) groups excluding carboxylic acids is 1. The molecule has 8 heteroatoms. The number of benzene rings is 2. The van der Waals surface area contributed by atoms with Crippen LogP contribution in [0.25, 0.3) is 10.4 Å². The maximum Gasteiger partial charge on any atom is 0.416 e. The molecule has 1 aliphatic rings. The van der Waals surface area contributed by atoms with Crippen molar-refractivity contribution in [2.45, 2.75) is 39.4 Å². The third-order valence-corrected chi connectivity index (χ3v) is 5.78. The van der Waals surface area contributed by atoms with Gasteiger partial charge in [-0.25, -0.2) is 4.98 Å². The molecule has 2 aromatic carbocycles. The average molecular weight is 448 g/mol. The van der Waals surface area contributed by atoms with Gasteiger partial charge in [-0.05, 0) is 53.8 Å². The molecule has 0 atom stereocenters. The van der Waals surface area contributed by atoms with E-state index in [9.17, 15) is 18.0 Å². The highest BCUT2D eigenvalue weighted by Gasteiger charge is 2.29. The van der Waals surface area contributed by atoms with Crippen LogP contribution in [0.15, 0.2) is 48.7 Å². The molecule has 0 fully saturated rings. The summed E-state index contributed by atoms with van der Waals surface area (Å²) < 4.78 is 37.8. The van der Waals surface area contributed by atoms with Crippen LogP contribution < -0.4 is 10.6 Å². The molecule has 0 unspecified atom stereocenters. The molecule has 1 amide bonds. The zero-order chi connectivity index (χ0) is 22.4. The van der Waals surface area contributed by atoms with Gasteiger partial charge in [0.15, 0.2) is 5.13 Å².